The second kappa shape index (κ2) is 9.02. The van der Waals surface area contributed by atoms with Crippen LogP contribution in [0.4, 0.5) is 10.5 Å². The Balaban J connectivity index is 1.81. The number of halogens is 1. The number of morpholine rings is 1. The van der Waals surface area contributed by atoms with Crippen LogP contribution in [0.3, 0.4) is 0 Å². The predicted octanol–water partition coefficient (Wildman–Crippen LogP) is 3.44. The molecule has 1 fully saturated rings. The molecule has 0 radical (unpaired) electrons. The van der Waals surface area contributed by atoms with Crippen LogP contribution < -0.4 is 10.2 Å². The number of ether oxygens (including phenoxy) is 1. The van der Waals surface area contributed by atoms with Crippen LogP contribution in [0.5, 0.6) is 0 Å². The number of carbonyl (C=O) groups excluding carboxylic acids is 2. The number of carboxylic acids is 1. The molecule has 4 rings (SSSR count). The SMILES string of the molecule is CC1=C(C(=O)N2CCOCC2)C(c2ccccc2Cl)NC(=O)N1c1ccc(C(=O)O)cc1. The Morgan fingerprint density at radius 2 is 1.75 bits per heavy atom. The van der Waals surface area contributed by atoms with Gasteiger partial charge in [0.25, 0.3) is 5.91 Å². The van der Waals surface area contributed by atoms with Crippen LogP contribution in [-0.4, -0.2) is 54.2 Å². The number of urea groups is 1. The largest absolute Gasteiger partial charge is 0.478 e. The first-order chi connectivity index (χ1) is 15.4. The van der Waals surface area contributed by atoms with Crippen LogP contribution in [0.15, 0.2) is 59.8 Å². The fraction of sp³-hybridized carbons (Fsp3) is 0.261. The molecule has 0 aliphatic carbocycles. The molecule has 2 N–H and O–H groups in total. The topological polar surface area (TPSA) is 99.2 Å². The highest BCUT2D eigenvalue weighted by Gasteiger charge is 2.39. The zero-order chi connectivity index (χ0) is 22.8. The standard InChI is InChI=1S/C23H22ClN3O5/c1-14-19(21(28)26-10-12-32-13-11-26)20(17-4-2-3-5-18(17)24)25-23(31)27(14)16-8-6-15(7-9-16)22(29)30/h2-9,20H,10-13H2,1H3,(H,25,31)(H,29,30). The molecule has 166 valence electrons. The Bertz CT molecular complexity index is 1090. The summed E-state index contributed by atoms with van der Waals surface area (Å²) < 4.78 is 5.37. The smallest absolute Gasteiger partial charge is 0.335 e. The van der Waals surface area contributed by atoms with E-state index in [0.717, 1.165) is 0 Å². The first-order valence-corrected chi connectivity index (χ1v) is 10.5. The van der Waals surface area contributed by atoms with E-state index in [-0.39, 0.29) is 11.5 Å². The average molecular weight is 456 g/mol. The number of nitrogens with one attached hydrogen (secondary N) is 1. The summed E-state index contributed by atoms with van der Waals surface area (Å²) >= 11 is 6.42. The molecule has 2 aliphatic rings. The second-order valence-corrected chi connectivity index (χ2v) is 7.90. The van der Waals surface area contributed by atoms with Gasteiger partial charge in [0.15, 0.2) is 0 Å². The molecule has 1 atom stereocenters. The Labute approximate surface area is 190 Å². The summed E-state index contributed by atoms with van der Waals surface area (Å²) in [4.78, 5) is 41.0. The van der Waals surface area contributed by atoms with Gasteiger partial charge in [0.05, 0.1) is 36.1 Å². The first-order valence-electron chi connectivity index (χ1n) is 10.1. The fourth-order valence-electron chi connectivity index (χ4n) is 3.96. The minimum Gasteiger partial charge on any atom is -0.478 e. The van der Waals surface area contributed by atoms with Crippen molar-refractivity contribution in [2.75, 3.05) is 31.2 Å². The normalized spacial score (nSPS) is 19.1. The summed E-state index contributed by atoms with van der Waals surface area (Å²) in [7, 11) is 0. The number of allylic oxidation sites excluding steroid dienone is 1. The van der Waals surface area contributed by atoms with Crippen LogP contribution in [0.25, 0.3) is 0 Å². The number of carbonyl (C=O) groups is 3. The molecule has 8 nitrogen and oxygen atoms in total. The maximum Gasteiger partial charge on any atom is 0.335 e. The van der Waals surface area contributed by atoms with Crippen molar-refractivity contribution in [2.24, 2.45) is 0 Å². The molecular formula is C23H22ClN3O5. The maximum absolute atomic E-state index is 13.6. The number of hydrogen-bond acceptors (Lipinski definition) is 4. The number of carboxylic acid groups (broad SMARTS) is 1. The summed E-state index contributed by atoms with van der Waals surface area (Å²) in [5, 5.41) is 12.5. The molecule has 0 bridgehead atoms. The first kappa shape index (κ1) is 21.9. The molecule has 1 unspecified atom stereocenters. The highest BCUT2D eigenvalue weighted by atomic mass is 35.5. The van der Waals surface area contributed by atoms with Crippen molar-refractivity contribution in [1.82, 2.24) is 10.2 Å². The number of benzene rings is 2. The lowest BCUT2D eigenvalue weighted by Gasteiger charge is -2.38. The van der Waals surface area contributed by atoms with Gasteiger partial charge in [-0.15, -0.1) is 0 Å². The quantitative estimate of drug-likeness (QED) is 0.735. The zero-order valence-electron chi connectivity index (χ0n) is 17.4. The third kappa shape index (κ3) is 4.06. The molecule has 0 aromatic heterocycles. The van der Waals surface area contributed by atoms with Crippen molar-refractivity contribution in [3.8, 4) is 0 Å². The fourth-order valence-corrected chi connectivity index (χ4v) is 4.21. The molecule has 3 amide bonds. The van der Waals surface area contributed by atoms with Gasteiger partial charge in [-0.1, -0.05) is 29.8 Å². The summed E-state index contributed by atoms with van der Waals surface area (Å²) in [6.07, 6.45) is 0. The number of rotatable bonds is 4. The molecule has 1 saturated heterocycles. The number of amides is 3. The minimum absolute atomic E-state index is 0.103. The van der Waals surface area contributed by atoms with Gasteiger partial charge in [-0.05, 0) is 42.8 Å². The molecule has 9 heteroatoms. The van der Waals surface area contributed by atoms with Crippen molar-refractivity contribution < 1.29 is 24.2 Å². The van der Waals surface area contributed by atoms with Gasteiger partial charge in [-0.2, -0.15) is 0 Å². The van der Waals surface area contributed by atoms with Gasteiger partial charge >= 0.3 is 12.0 Å². The Morgan fingerprint density at radius 3 is 2.38 bits per heavy atom. The van der Waals surface area contributed by atoms with Crippen molar-refractivity contribution in [3.05, 3.63) is 76.0 Å². The third-order valence-corrected chi connectivity index (χ3v) is 5.95. The van der Waals surface area contributed by atoms with Gasteiger partial charge in [-0.25, -0.2) is 9.59 Å². The van der Waals surface area contributed by atoms with E-state index in [0.29, 0.717) is 53.8 Å². The van der Waals surface area contributed by atoms with Crippen molar-refractivity contribution in [2.45, 2.75) is 13.0 Å². The van der Waals surface area contributed by atoms with Gasteiger partial charge in [0.2, 0.25) is 0 Å². The van der Waals surface area contributed by atoms with E-state index in [4.69, 9.17) is 21.4 Å². The molecule has 2 aromatic rings. The third-order valence-electron chi connectivity index (χ3n) is 5.60. The Hall–Kier alpha value is -3.36. The van der Waals surface area contributed by atoms with Gasteiger partial charge in [-0.3, -0.25) is 9.69 Å². The number of anilines is 1. The van der Waals surface area contributed by atoms with Crippen LogP contribution in [0, 0.1) is 0 Å². The van der Waals surface area contributed by atoms with E-state index in [2.05, 4.69) is 5.32 Å². The van der Waals surface area contributed by atoms with E-state index >= 15 is 0 Å². The second-order valence-electron chi connectivity index (χ2n) is 7.50. The van der Waals surface area contributed by atoms with E-state index < -0.39 is 18.0 Å². The van der Waals surface area contributed by atoms with Crippen molar-refractivity contribution in [3.63, 3.8) is 0 Å². The number of hydrogen-bond donors (Lipinski definition) is 2. The predicted molar refractivity (Wildman–Crippen MR) is 119 cm³/mol. The summed E-state index contributed by atoms with van der Waals surface area (Å²) in [5.74, 6) is -1.27. The minimum atomic E-state index is -1.06. The summed E-state index contributed by atoms with van der Waals surface area (Å²) in [6, 6.07) is 11.8. The zero-order valence-corrected chi connectivity index (χ0v) is 18.1. The van der Waals surface area contributed by atoms with Crippen LogP contribution in [0.1, 0.15) is 28.9 Å². The van der Waals surface area contributed by atoms with Crippen LogP contribution in [0.2, 0.25) is 5.02 Å². The molecule has 32 heavy (non-hydrogen) atoms. The van der Waals surface area contributed by atoms with E-state index in [1.165, 1.54) is 17.0 Å². The molecule has 2 aromatic carbocycles. The molecule has 0 saturated carbocycles. The highest BCUT2D eigenvalue weighted by molar-refractivity contribution is 6.31. The lowest BCUT2D eigenvalue weighted by Crippen LogP contribution is -2.51. The van der Waals surface area contributed by atoms with Crippen molar-refractivity contribution in [1.29, 1.82) is 0 Å². The lowest BCUT2D eigenvalue weighted by molar-refractivity contribution is -0.131. The monoisotopic (exact) mass is 455 g/mol. The average Bonchev–Trinajstić information content (AvgIpc) is 2.79. The number of nitrogens with zero attached hydrogens (tertiary/aromatic N) is 2. The van der Waals surface area contributed by atoms with Crippen molar-refractivity contribution >= 4 is 35.2 Å². The highest BCUT2D eigenvalue weighted by Crippen LogP contribution is 2.37. The van der Waals surface area contributed by atoms with E-state index in [1.807, 2.05) is 0 Å². The summed E-state index contributed by atoms with van der Waals surface area (Å²) in [6.45, 7) is 3.50. The van der Waals surface area contributed by atoms with Crippen LogP contribution in [-0.2, 0) is 9.53 Å². The number of aromatic carboxylic acids is 1. The van der Waals surface area contributed by atoms with Gasteiger partial charge in [0.1, 0.15) is 0 Å². The molecule has 2 aliphatic heterocycles. The van der Waals surface area contributed by atoms with Gasteiger partial charge < -0.3 is 20.1 Å². The summed E-state index contributed by atoms with van der Waals surface area (Å²) in [5.41, 5.74) is 2.04. The van der Waals surface area contributed by atoms with Gasteiger partial charge in [0, 0.05) is 23.8 Å². The molecule has 2 heterocycles. The Kier molecular flexibility index (Phi) is 6.16. The molecular weight excluding hydrogens is 434 g/mol. The maximum atomic E-state index is 13.6. The van der Waals surface area contributed by atoms with E-state index in [9.17, 15) is 14.4 Å². The van der Waals surface area contributed by atoms with Crippen LogP contribution >= 0.6 is 11.6 Å². The molecule has 0 spiro atoms. The lowest BCUT2D eigenvalue weighted by atomic mass is 9.93. The Morgan fingerprint density at radius 1 is 1.09 bits per heavy atom. The van der Waals surface area contributed by atoms with E-state index in [1.54, 1.807) is 48.2 Å².